The Labute approximate surface area is 125 Å². The molecule has 0 unspecified atom stereocenters. The van der Waals surface area contributed by atoms with Gasteiger partial charge in [0.2, 0.25) is 0 Å². The Morgan fingerprint density at radius 3 is 2.81 bits per heavy atom. The van der Waals surface area contributed by atoms with Crippen molar-refractivity contribution in [2.45, 2.75) is 32.2 Å². The first-order chi connectivity index (χ1) is 10.2. The van der Waals surface area contributed by atoms with E-state index in [1.807, 2.05) is 42.3 Å². The number of para-hydroxylation sites is 1. The van der Waals surface area contributed by atoms with Crippen molar-refractivity contribution in [3.63, 3.8) is 0 Å². The lowest BCUT2D eigenvalue weighted by molar-refractivity contribution is 0.0745. The molecule has 0 aliphatic heterocycles. The summed E-state index contributed by atoms with van der Waals surface area (Å²) in [7, 11) is 1.83. The maximum atomic E-state index is 13.0. The minimum absolute atomic E-state index is 0.134. The number of pyridine rings is 1. The van der Waals surface area contributed by atoms with E-state index >= 15 is 0 Å². The fraction of sp³-hybridized carbons (Fsp3) is 0.412. The molecule has 1 aliphatic carbocycles. The largest absolute Gasteiger partial charge is 0.373 e. The van der Waals surface area contributed by atoms with E-state index in [0.29, 0.717) is 6.04 Å². The van der Waals surface area contributed by atoms with Gasteiger partial charge in [-0.05, 0) is 31.4 Å². The summed E-state index contributed by atoms with van der Waals surface area (Å²) in [5.74, 6) is 0.874. The van der Waals surface area contributed by atoms with E-state index < -0.39 is 0 Å². The number of benzene rings is 1. The first-order valence-electron chi connectivity index (χ1n) is 7.63. The molecule has 0 spiro atoms. The number of anilines is 1. The molecule has 1 aromatic heterocycles. The molecule has 0 bridgehead atoms. The van der Waals surface area contributed by atoms with Crippen LogP contribution in [0, 0.1) is 0 Å². The molecule has 1 N–H and O–H groups in total. The summed E-state index contributed by atoms with van der Waals surface area (Å²) in [4.78, 5) is 19.5. The maximum Gasteiger partial charge on any atom is 0.254 e. The molecule has 3 rings (SSSR count). The Balaban J connectivity index is 2.07. The normalized spacial score (nSPS) is 14.2. The van der Waals surface area contributed by atoms with Crippen LogP contribution in [0.5, 0.6) is 0 Å². The molecule has 2 aromatic rings. The van der Waals surface area contributed by atoms with Crippen molar-refractivity contribution in [1.29, 1.82) is 0 Å². The van der Waals surface area contributed by atoms with Crippen molar-refractivity contribution in [3.8, 4) is 0 Å². The smallest absolute Gasteiger partial charge is 0.254 e. The summed E-state index contributed by atoms with van der Waals surface area (Å²) in [5, 5.41) is 3.98. The first kappa shape index (κ1) is 13.9. The maximum absolute atomic E-state index is 13.0. The van der Waals surface area contributed by atoms with Gasteiger partial charge in [0, 0.05) is 25.0 Å². The molecule has 1 heterocycles. The number of carbonyl (C=O) groups excluding carboxylic acids is 1. The Morgan fingerprint density at radius 2 is 2.14 bits per heavy atom. The van der Waals surface area contributed by atoms with Crippen LogP contribution in [0.2, 0.25) is 0 Å². The molecule has 1 aromatic carbocycles. The zero-order valence-electron chi connectivity index (χ0n) is 12.6. The number of amides is 1. The molecule has 4 nitrogen and oxygen atoms in total. The van der Waals surface area contributed by atoms with Gasteiger partial charge in [0.05, 0.1) is 11.1 Å². The van der Waals surface area contributed by atoms with Gasteiger partial charge in [0.1, 0.15) is 5.82 Å². The van der Waals surface area contributed by atoms with Gasteiger partial charge in [-0.2, -0.15) is 0 Å². The second-order valence-electron chi connectivity index (χ2n) is 5.55. The fourth-order valence-electron chi connectivity index (χ4n) is 2.71. The van der Waals surface area contributed by atoms with Crippen molar-refractivity contribution in [3.05, 3.63) is 35.9 Å². The first-order valence-corrected chi connectivity index (χ1v) is 7.63. The molecule has 1 saturated carbocycles. The standard InChI is InChI=1S/C17H21N3O/c1-3-10-20(12-8-9-12)17(21)14-11-16(18-2)19-15-7-5-4-6-13(14)15/h4-7,11-12H,3,8-10H2,1-2H3,(H,18,19). The summed E-state index contributed by atoms with van der Waals surface area (Å²) in [6.45, 7) is 2.95. The van der Waals surface area contributed by atoms with Gasteiger partial charge in [0.25, 0.3) is 5.91 Å². The van der Waals surface area contributed by atoms with Crippen LogP contribution in [0.4, 0.5) is 5.82 Å². The van der Waals surface area contributed by atoms with Crippen molar-refractivity contribution in [2.24, 2.45) is 0 Å². The van der Waals surface area contributed by atoms with E-state index in [9.17, 15) is 4.79 Å². The van der Waals surface area contributed by atoms with Crippen LogP contribution in [0.1, 0.15) is 36.5 Å². The Kier molecular flexibility index (Phi) is 3.78. The minimum atomic E-state index is 0.134. The van der Waals surface area contributed by atoms with Crippen LogP contribution in [0.15, 0.2) is 30.3 Å². The molecule has 0 saturated heterocycles. The van der Waals surface area contributed by atoms with E-state index in [2.05, 4.69) is 17.2 Å². The summed E-state index contributed by atoms with van der Waals surface area (Å²) >= 11 is 0. The molecule has 21 heavy (non-hydrogen) atoms. The van der Waals surface area contributed by atoms with E-state index in [0.717, 1.165) is 48.1 Å². The SMILES string of the molecule is CCCN(C(=O)c1cc(NC)nc2ccccc12)C1CC1. The van der Waals surface area contributed by atoms with E-state index in [1.165, 1.54) is 0 Å². The fourth-order valence-corrected chi connectivity index (χ4v) is 2.71. The second-order valence-corrected chi connectivity index (χ2v) is 5.55. The molecule has 0 radical (unpaired) electrons. The highest BCUT2D eigenvalue weighted by atomic mass is 16.2. The molecule has 1 aliphatic rings. The highest BCUT2D eigenvalue weighted by molar-refractivity contribution is 6.07. The number of aromatic nitrogens is 1. The van der Waals surface area contributed by atoms with Gasteiger partial charge < -0.3 is 10.2 Å². The average Bonchev–Trinajstić information content (AvgIpc) is 3.35. The lowest BCUT2D eigenvalue weighted by atomic mass is 10.1. The van der Waals surface area contributed by atoms with Gasteiger partial charge in [-0.3, -0.25) is 4.79 Å². The molecule has 1 amide bonds. The van der Waals surface area contributed by atoms with Crippen molar-refractivity contribution in [1.82, 2.24) is 9.88 Å². The summed E-state index contributed by atoms with van der Waals surface area (Å²) < 4.78 is 0. The average molecular weight is 283 g/mol. The lowest BCUT2D eigenvalue weighted by Crippen LogP contribution is -2.34. The highest BCUT2D eigenvalue weighted by Crippen LogP contribution is 2.30. The van der Waals surface area contributed by atoms with Gasteiger partial charge in [-0.15, -0.1) is 0 Å². The molecule has 0 atom stereocenters. The van der Waals surface area contributed by atoms with E-state index in [4.69, 9.17) is 0 Å². The number of hydrogen-bond acceptors (Lipinski definition) is 3. The number of hydrogen-bond donors (Lipinski definition) is 1. The number of nitrogens with one attached hydrogen (secondary N) is 1. The Morgan fingerprint density at radius 1 is 1.38 bits per heavy atom. The van der Waals surface area contributed by atoms with Crippen LogP contribution in [0.3, 0.4) is 0 Å². The van der Waals surface area contributed by atoms with Crippen LogP contribution in [-0.4, -0.2) is 35.4 Å². The molecule has 4 heteroatoms. The van der Waals surface area contributed by atoms with E-state index in [-0.39, 0.29) is 5.91 Å². The second kappa shape index (κ2) is 5.72. The van der Waals surface area contributed by atoms with E-state index in [1.54, 1.807) is 0 Å². The number of nitrogens with zero attached hydrogens (tertiary/aromatic N) is 2. The number of carbonyl (C=O) groups is 1. The predicted molar refractivity (Wildman–Crippen MR) is 85.6 cm³/mol. The third kappa shape index (κ3) is 2.71. The van der Waals surface area contributed by atoms with Gasteiger partial charge in [-0.25, -0.2) is 4.98 Å². The topological polar surface area (TPSA) is 45.2 Å². The molecular weight excluding hydrogens is 262 g/mol. The number of fused-ring (bicyclic) bond motifs is 1. The Hall–Kier alpha value is -2.10. The molecular formula is C17H21N3O. The zero-order chi connectivity index (χ0) is 14.8. The van der Waals surface area contributed by atoms with Crippen molar-refractivity contribution < 1.29 is 4.79 Å². The summed E-state index contributed by atoms with van der Waals surface area (Å²) in [5.41, 5.74) is 1.62. The summed E-state index contributed by atoms with van der Waals surface area (Å²) in [6.07, 6.45) is 3.26. The third-order valence-electron chi connectivity index (χ3n) is 3.92. The quantitative estimate of drug-likeness (QED) is 0.916. The highest BCUT2D eigenvalue weighted by Gasteiger charge is 2.33. The van der Waals surface area contributed by atoms with Crippen LogP contribution < -0.4 is 5.32 Å². The van der Waals surface area contributed by atoms with Gasteiger partial charge in [0.15, 0.2) is 0 Å². The van der Waals surface area contributed by atoms with Crippen molar-refractivity contribution >= 4 is 22.6 Å². The number of rotatable bonds is 5. The Bertz CT molecular complexity index is 664. The monoisotopic (exact) mass is 283 g/mol. The van der Waals surface area contributed by atoms with Crippen molar-refractivity contribution in [2.75, 3.05) is 18.9 Å². The van der Waals surface area contributed by atoms with Crippen LogP contribution in [0.25, 0.3) is 10.9 Å². The zero-order valence-corrected chi connectivity index (χ0v) is 12.6. The lowest BCUT2D eigenvalue weighted by Gasteiger charge is -2.22. The molecule has 1 fully saturated rings. The predicted octanol–water partition coefficient (Wildman–Crippen LogP) is 3.29. The van der Waals surface area contributed by atoms with Crippen LogP contribution >= 0.6 is 0 Å². The molecule has 110 valence electrons. The minimum Gasteiger partial charge on any atom is -0.373 e. The van der Waals surface area contributed by atoms with Gasteiger partial charge >= 0.3 is 0 Å². The van der Waals surface area contributed by atoms with Crippen LogP contribution in [-0.2, 0) is 0 Å². The third-order valence-corrected chi connectivity index (χ3v) is 3.92. The summed E-state index contributed by atoms with van der Waals surface area (Å²) in [6, 6.07) is 10.1. The van der Waals surface area contributed by atoms with Gasteiger partial charge in [-0.1, -0.05) is 25.1 Å².